The molecule has 2 rings (SSSR count). The van der Waals surface area contributed by atoms with Gasteiger partial charge in [-0.1, -0.05) is 6.92 Å². The minimum Gasteiger partial charge on any atom is -0.481 e. The van der Waals surface area contributed by atoms with Gasteiger partial charge in [0.15, 0.2) is 0 Å². The molecule has 0 bridgehead atoms. The third-order valence-electron chi connectivity index (χ3n) is 4.57. The van der Waals surface area contributed by atoms with Crippen molar-refractivity contribution in [3.05, 3.63) is 21.9 Å². The molecule has 23 heavy (non-hydrogen) atoms. The molecular formula is C17H25NO4S. The summed E-state index contributed by atoms with van der Waals surface area (Å²) in [5.74, 6) is -0.844. The van der Waals surface area contributed by atoms with Crippen LogP contribution < -0.4 is 0 Å². The fraction of sp³-hybridized carbons (Fsp3) is 0.647. The number of methoxy groups -OCH3 is 1. The molecule has 1 aromatic rings. The van der Waals surface area contributed by atoms with E-state index < -0.39 is 11.4 Å². The monoisotopic (exact) mass is 339 g/mol. The number of likely N-dealkylation sites (tertiary alicyclic amines) is 1. The topological polar surface area (TPSA) is 66.8 Å². The molecule has 5 nitrogen and oxygen atoms in total. The molecule has 0 radical (unpaired) electrons. The molecule has 1 aliphatic heterocycles. The van der Waals surface area contributed by atoms with Crippen molar-refractivity contribution < 1.29 is 19.4 Å². The van der Waals surface area contributed by atoms with Gasteiger partial charge in [-0.3, -0.25) is 9.59 Å². The van der Waals surface area contributed by atoms with E-state index in [0.717, 1.165) is 12.8 Å². The van der Waals surface area contributed by atoms with Crippen LogP contribution in [-0.4, -0.2) is 48.7 Å². The molecule has 1 amide bonds. The molecule has 1 fully saturated rings. The average molecular weight is 339 g/mol. The lowest BCUT2D eigenvalue weighted by atomic mass is 9.76. The third-order valence-corrected chi connectivity index (χ3v) is 5.65. The van der Waals surface area contributed by atoms with E-state index in [0.29, 0.717) is 44.5 Å². The highest BCUT2D eigenvalue weighted by Crippen LogP contribution is 2.36. The van der Waals surface area contributed by atoms with Crippen molar-refractivity contribution in [2.45, 2.75) is 39.0 Å². The number of nitrogens with zero attached hydrogens (tertiary/aromatic N) is 1. The summed E-state index contributed by atoms with van der Waals surface area (Å²) in [5.41, 5.74) is -0.152. The van der Waals surface area contributed by atoms with Crippen LogP contribution >= 0.6 is 11.3 Å². The number of hydrogen-bond donors (Lipinski definition) is 1. The van der Waals surface area contributed by atoms with E-state index in [1.54, 1.807) is 23.3 Å². The first kappa shape index (κ1) is 17.9. The minimum atomic E-state index is -0.837. The normalized spacial score (nSPS) is 21.4. The Kier molecular flexibility index (Phi) is 6.18. The van der Waals surface area contributed by atoms with Crippen molar-refractivity contribution in [1.82, 2.24) is 4.90 Å². The Morgan fingerprint density at radius 2 is 2.26 bits per heavy atom. The fourth-order valence-electron chi connectivity index (χ4n) is 3.21. The van der Waals surface area contributed by atoms with Gasteiger partial charge in [-0.2, -0.15) is 0 Å². The molecule has 1 aliphatic rings. The molecular weight excluding hydrogens is 314 g/mol. The summed E-state index contributed by atoms with van der Waals surface area (Å²) in [6.45, 7) is 3.54. The standard InChI is InChI=1S/C17H25NO4S/c1-3-14-10-13(11-23-14)15(19)18-8-4-6-17(12-18,16(20)21)7-5-9-22-2/h10-11H,3-9,12H2,1-2H3,(H,20,21). The van der Waals surface area contributed by atoms with Crippen molar-refractivity contribution in [3.63, 3.8) is 0 Å². The number of piperidine rings is 1. The van der Waals surface area contributed by atoms with Gasteiger partial charge >= 0.3 is 5.97 Å². The molecule has 2 heterocycles. The zero-order valence-electron chi connectivity index (χ0n) is 13.8. The highest BCUT2D eigenvalue weighted by atomic mass is 32.1. The Balaban J connectivity index is 2.10. The Bertz CT molecular complexity index is 557. The number of hydrogen-bond acceptors (Lipinski definition) is 4. The molecule has 1 N–H and O–H groups in total. The Morgan fingerprint density at radius 1 is 1.48 bits per heavy atom. The van der Waals surface area contributed by atoms with Gasteiger partial charge < -0.3 is 14.7 Å². The largest absolute Gasteiger partial charge is 0.481 e. The van der Waals surface area contributed by atoms with Crippen molar-refractivity contribution in [2.24, 2.45) is 5.41 Å². The molecule has 6 heteroatoms. The summed E-state index contributed by atoms with van der Waals surface area (Å²) in [5, 5.41) is 11.6. The third kappa shape index (κ3) is 4.12. The number of aryl methyl sites for hydroxylation is 1. The number of aliphatic carboxylic acids is 1. The van der Waals surface area contributed by atoms with E-state index in [2.05, 4.69) is 6.92 Å². The highest BCUT2D eigenvalue weighted by molar-refractivity contribution is 7.10. The van der Waals surface area contributed by atoms with Crippen molar-refractivity contribution in [2.75, 3.05) is 26.8 Å². The number of thiophene rings is 1. The lowest BCUT2D eigenvalue weighted by Crippen LogP contribution is -2.50. The van der Waals surface area contributed by atoms with Crippen LogP contribution in [0.2, 0.25) is 0 Å². The maximum absolute atomic E-state index is 12.7. The summed E-state index contributed by atoms with van der Waals surface area (Å²) < 4.78 is 5.04. The van der Waals surface area contributed by atoms with Gasteiger partial charge in [0, 0.05) is 37.1 Å². The maximum Gasteiger partial charge on any atom is 0.311 e. The lowest BCUT2D eigenvalue weighted by Gasteiger charge is -2.40. The number of rotatable bonds is 7. The molecule has 128 valence electrons. The molecule has 0 spiro atoms. The van der Waals surface area contributed by atoms with Crippen LogP contribution in [0.1, 0.15) is 47.8 Å². The van der Waals surface area contributed by atoms with Crippen molar-refractivity contribution in [1.29, 1.82) is 0 Å². The summed E-state index contributed by atoms with van der Waals surface area (Å²) >= 11 is 1.58. The van der Waals surface area contributed by atoms with Gasteiger partial charge in [-0.25, -0.2) is 0 Å². The van der Waals surface area contributed by atoms with Crippen LogP contribution in [0.15, 0.2) is 11.4 Å². The number of carbonyl (C=O) groups is 2. The van der Waals surface area contributed by atoms with Crippen LogP contribution in [0.4, 0.5) is 0 Å². The predicted octanol–water partition coefficient (Wildman–Crippen LogP) is 3.04. The van der Waals surface area contributed by atoms with Crippen LogP contribution in [0.5, 0.6) is 0 Å². The summed E-state index contributed by atoms with van der Waals surface area (Å²) in [6, 6.07) is 1.93. The van der Waals surface area contributed by atoms with Crippen LogP contribution in [0.25, 0.3) is 0 Å². The predicted molar refractivity (Wildman–Crippen MR) is 90.0 cm³/mol. The smallest absolute Gasteiger partial charge is 0.311 e. The van der Waals surface area contributed by atoms with Crippen molar-refractivity contribution in [3.8, 4) is 0 Å². The number of carbonyl (C=O) groups excluding carboxylic acids is 1. The van der Waals surface area contributed by atoms with Gasteiger partial charge in [0.1, 0.15) is 0 Å². The first-order valence-electron chi connectivity index (χ1n) is 8.11. The zero-order valence-corrected chi connectivity index (χ0v) is 14.7. The van der Waals surface area contributed by atoms with Gasteiger partial charge in [0.25, 0.3) is 5.91 Å². The average Bonchev–Trinajstić information content (AvgIpc) is 3.03. The van der Waals surface area contributed by atoms with E-state index in [1.807, 2.05) is 11.4 Å². The molecule has 1 atom stereocenters. The minimum absolute atomic E-state index is 0.0435. The second-order valence-corrected chi connectivity index (χ2v) is 7.16. The van der Waals surface area contributed by atoms with E-state index in [1.165, 1.54) is 4.88 Å². The fourth-order valence-corrected chi connectivity index (χ4v) is 4.02. The van der Waals surface area contributed by atoms with Crippen LogP contribution in [-0.2, 0) is 16.0 Å². The van der Waals surface area contributed by atoms with Crippen LogP contribution in [0, 0.1) is 5.41 Å². The number of amides is 1. The molecule has 0 aliphatic carbocycles. The number of carboxylic acid groups (broad SMARTS) is 1. The Hall–Kier alpha value is -1.40. The first-order valence-corrected chi connectivity index (χ1v) is 8.99. The lowest BCUT2D eigenvalue weighted by molar-refractivity contribution is -0.152. The molecule has 1 aromatic heterocycles. The second-order valence-electron chi connectivity index (χ2n) is 6.17. The van der Waals surface area contributed by atoms with Crippen molar-refractivity contribution >= 4 is 23.2 Å². The number of ether oxygens (including phenoxy) is 1. The quantitative estimate of drug-likeness (QED) is 0.775. The zero-order chi connectivity index (χ0) is 16.9. The molecule has 1 saturated heterocycles. The Labute approximate surface area is 141 Å². The van der Waals surface area contributed by atoms with E-state index in [4.69, 9.17) is 4.74 Å². The van der Waals surface area contributed by atoms with Gasteiger partial charge in [0.05, 0.1) is 11.0 Å². The summed E-state index contributed by atoms with van der Waals surface area (Å²) in [4.78, 5) is 27.4. The van der Waals surface area contributed by atoms with Gasteiger partial charge in [-0.15, -0.1) is 11.3 Å². The number of carboxylic acids is 1. The summed E-state index contributed by atoms with van der Waals surface area (Å²) in [7, 11) is 1.62. The molecule has 1 unspecified atom stereocenters. The summed E-state index contributed by atoms with van der Waals surface area (Å²) in [6.07, 6.45) is 3.51. The maximum atomic E-state index is 12.7. The SMILES string of the molecule is CCc1cc(C(=O)N2CCCC(CCCOC)(C(=O)O)C2)cs1. The first-order chi connectivity index (χ1) is 11.0. The van der Waals surface area contributed by atoms with E-state index >= 15 is 0 Å². The molecule has 0 aromatic carbocycles. The van der Waals surface area contributed by atoms with E-state index in [-0.39, 0.29) is 5.91 Å². The van der Waals surface area contributed by atoms with Gasteiger partial charge in [-0.05, 0) is 38.2 Å². The molecule has 0 saturated carbocycles. The second kappa shape index (κ2) is 7.93. The highest BCUT2D eigenvalue weighted by Gasteiger charge is 2.43. The van der Waals surface area contributed by atoms with E-state index in [9.17, 15) is 14.7 Å². The Morgan fingerprint density at radius 3 is 2.87 bits per heavy atom. The van der Waals surface area contributed by atoms with Crippen LogP contribution in [0.3, 0.4) is 0 Å². The van der Waals surface area contributed by atoms with Gasteiger partial charge in [0.2, 0.25) is 0 Å².